The molecule has 0 heterocycles. The van der Waals surface area contributed by atoms with Gasteiger partial charge in [-0.25, -0.2) is 0 Å². The second-order valence-electron chi connectivity index (χ2n) is 6.28. The first-order valence-electron chi connectivity index (χ1n) is 7.41. The van der Waals surface area contributed by atoms with E-state index < -0.39 is 0 Å². The lowest BCUT2D eigenvalue weighted by atomic mass is 9.80. The van der Waals surface area contributed by atoms with Gasteiger partial charge in [-0.05, 0) is 38.5 Å². The molecule has 18 heavy (non-hydrogen) atoms. The summed E-state index contributed by atoms with van der Waals surface area (Å²) in [6.45, 7) is 0. The lowest BCUT2D eigenvalue weighted by Gasteiger charge is -2.34. The molecule has 0 radical (unpaired) electrons. The molecule has 2 aliphatic rings. The Kier molecular flexibility index (Phi) is 4.62. The van der Waals surface area contributed by atoms with Crippen LogP contribution in [0.3, 0.4) is 0 Å². The number of carbonyl (C=O) groups excluding carboxylic acids is 1. The highest BCUT2D eigenvalue weighted by Gasteiger charge is 2.31. The fourth-order valence-electron chi connectivity index (χ4n) is 3.29. The number of amides is 1. The van der Waals surface area contributed by atoms with Crippen molar-refractivity contribution in [2.75, 3.05) is 0 Å². The minimum Gasteiger partial charge on any atom is -0.353 e. The monoisotopic (exact) mass is 253 g/mol. The molecule has 4 heteroatoms. The largest absolute Gasteiger partial charge is 0.353 e. The van der Waals surface area contributed by atoms with Crippen LogP contribution in [0.25, 0.3) is 0 Å². The van der Waals surface area contributed by atoms with E-state index in [1.165, 1.54) is 19.3 Å². The first kappa shape index (κ1) is 13.8. The molecular formula is C14H27N3O. The molecule has 2 saturated carbocycles. The summed E-state index contributed by atoms with van der Waals surface area (Å²) in [5.74, 6) is 0.139. The van der Waals surface area contributed by atoms with Gasteiger partial charge in [0.1, 0.15) is 0 Å². The Morgan fingerprint density at radius 3 is 2.33 bits per heavy atom. The summed E-state index contributed by atoms with van der Waals surface area (Å²) in [5, 5.41) is 3.14. The summed E-state index contributed by atoms with van der Waals surface area (Å²) < 4.78 is 0. The number of nitrogens with one attached hydrogen (secondary N) is 1. The summed E-state index contributed by atoms with van der Waals surface area (Å²) >= 11 is 0. The lowest BCUT2D eigenvalue weighted by molar-refractivity contribution is -0.123. The van der Waals surface area contributed by atoms with Crippen LogP contribution >= 0.6 is 0 Å². The van der Waals surface area contributed by atoms with E-state index in [-0.39, 0.29) is 11.4 Å². The van der Waals surface area contributed by atoms with E-state index in [0.717, 1.165) is 38.5 Å². The molecule has 4 nitrogen and oxygen atoms in total. The van der Waals surface area contributed by atoms with Crippen LogP contribution in [0.1, 0.15) is 64.2 Å². The molecule has 5 N–H and O–H groups in total. The minimum atomic E-state index is -0.243. The third-order valence-electron chi connectivity index (χ3n) is 4.50. The van der Waals surface area contributed by atoms with Crippen LogP contribution in [-0.2, 0) is 4.79 Å². The van der Waals surface area contributed by atoms with Gasteiger partial charge in [-0.1, -0.05) is 19.3 Å². The molecule has 0 saturated heterocycles. The van der Waals surface area contributed by atoms with Crippen LogP contribution < -0.4 is 16.8 Å². The van der Waals surface area contributed by atoms with Crippen LogP contribution in [0.2, 0.25) is 0 Å². The third-order valence-corrected chi connectivity index (χ3v) is 4.50. The van der Waals surface area contributed by atoms with Gasteiger partial charge in [0.2, 0.25) is 5.91 Å². The van der Waals surface area contributed by atoms with Crippen LogP contribution in [0.4, 0.5) is 0 Å². The number of rotatable bonds is 3. The molecule has 0 atom stereocenters. The predicted molar refractivity (Wildman–Crippen MR) is 73.0 cm³/mol. The van der Waals surface area contributed by atoms with Gasteiger partial charge >= 0.3 is 0 Å². The normalized spacial score (nSPS) is 31.9. The highest BCUT2D eigenvalue weighted by atomic mass is 16.1. The fraction of sp³-hybridized carbons (Fsp3) is 0.929. The summed E-state index contributed by atoms with van der Waals surface area (Å²) in [6.07, 6.45) is 10.2. The third kappa shape index (κ3) is 3.95. The van der Waals surface area contributed by atoms with Crippen molar-refractivity contribution in [3.8, 4) is 0 Å². The van der Waals surface area contributed by atoms with Gasteiger partial charge in [-0.2, -0.15) is 0 Å². The second kappa shape index (κ2) is 6.02. The Balaban J connectivity index is 1.74. The zero-order chi connectivity index (χ0) is 13.0. The zero-order valence-electron chi connectivity index (χ0n) is 11.3. The standard InChI is InChI=1S/C14H27N3O/c15-11-4-6-12(7-5-11)17-13(18)10-14(16)8-2-1-3-9-14/h11-12H,1-10,15-16H2,(H,17,18). The molecule has 0 unspecified atom stereocenters. The van der Waals surface area contributed by atoms with Crippen molar-refractivity contribution in [1.29, 1.82) is 0 Å². The van der Waals surface area contributed by atoms with Crippen molar-refractivity contribution in [2.24, 2.45) is 11.5 Å². The molecule has 0 aromatic heterocycles. The number of hydrogen-bond donors (Lipinski definition) is 3. The molecule has 0 bridgehead atoms. The number of hydrogen-bond acceptors (Lipinski definition) is 3. The smallest absolute Gasteiger partial charge is 0.222 e. The second-order valence-corrected chi connectivity index (χ2v) is 6.28. The van der Waals surface area contributed by atoms with Crippen molar-refractivity contribution in [1.82, 2.24) is 5.32 Å². The summed E-state index contributed by atoms with van der Waals surface area (Å²) in [7, 11) is 0. The molecule has 0 aromatic rings. The average Bonchev–Trinajstić information content (AvgIpc) is 2.32. The van der Waals surface area contributed by atoms with Crippen LogP contribution in [0, 0.1) is 0 Å². The molecule has 2 fully saturated rings. The van der Waals surface area contributed by atoms with E-state index in [0.29, 0.717) is 18.5 Å². The topological polar surface area (TPSA) is 81.1 Å². The molecule has 2 aliphatic carbocycles. The van der Waals surface area contributed by atoms with Crippen molar-refractivity contribution in [3.05, 3.63) is 0 Å². The summed E-state index contributed by atoms with van der Waals surface area (Å²) in [5.41, 5.74) is 11.9. The lowest BCUT2D eigenvalue weighted by Crippen LogP contribution is -2.48. The predicted octanol–water partition coefficient (Wildman–Crippen LogP) is 1.42. The highest BCUT2D eigenvalue weighted by Crippen LogP contribution is 2.28. The van der Waals surface area contributed by atoms with Crippen LogP contribution in [-0.4, -0.2) is 23.5 Å². The van der Waals surface area contributed by atoms with Gasteiger partial charge in [0.05, 0.1) is 0 Å². The first-order valence-corrected chi connectivity index (χ1v) is 7.41. The Hall–Kier alpha value is -0.610. The fourth-order valence-corrected chi connectivity index (χ4v) is 3.29. The Morgan fingerprint density at radius 1 is 1.11 bits per heavy atom. The van der Waals surface area contributed by atoms with Gasteiger partial charge in [0, 0.05) is 24.0 Å². The Bertz CT molecular complexity index is 279. The molecule has 1 amide bonds. The van der Waals surface area contributed by atoms with Crippen molar-refractivity contribution >= 4 is 5.91 Å². The van der Waals surface area contributed by atoms with Crippen LogP contribution in [0.5, 0.6) is 0 Å². The average molecular weight is 253 g/mol. The van der Waals surface area contributed by atoms with Crippen molar-refractivity contribution < 1.29 is 4.79 Å². The van der Waals surface area contributed by atoms with Crippen LogP contribution in [0.15, 0.2) is 0 Å². The van der Waals surface area contributed by atoms with Gasteiger partial charge in [0.25, 0.3) is 0 Å². The SMILES string of the molecule is NC1CCC(NC(=O)CC2(N)CCCCC2)CC1. The zero-order valence-corrected chi connectivity index (χ0v) is 11.3. The molecule has 104 valence electrons. The molecule has 0 aliphatic heterocycles. The number of nitrogens with two attached hydrogens (primary N) is 2. The van der Waals surface area contributed by atoms with E-state index in [9.17, 15) is 4.79 Å². The van der Waals surface area contributed by atoms with Gasteiger partial charge in [0.15, 0.2) is 0 Å². The summed E-state index contributed by atoms with van der Waals surface area (Å²) in [6, 6.07) is 0.654. The quantitative estimate of drug-likeness (QED) is 0.711. The molecule has 2 rings (SSSR count). The Morgan fingerprint density at radius 2 is 1.72 bits per heavy atom. The number of carbonyl (C=O) groups is 1. The molecule has 0 spiro atoms. The van der Waals surface area contributed by atoms with Gasteiger partial charge in [-0.15, -0.1) is 0 Å². The van der Waals surface area contributed by atoms with Crippen molar-refractivity contribution in [3.63, 3.8) is 0 Å². The maximum Gasteiger partial charge on any atom is 0.222 e. The molecular weight excluding hydrogens is 226 g/mol. The summed E-state index contributed by atoms with van der Waals surface area (Å²) in [4.78, 5) is 12.0. The van der Waals surface area contributed by atoms with E-state index in [1.807, 2.05) is 0 Å². The minimum absolute atomic E-state index is 0.139. The Labute approximate surface area is 110 Å². The van der Waals surface area contributed by atoms with E-state index >= 15 is 0 Å². The maximum absolute atomic E-state index is 12.0. The van der Waals surface area contributed by atoms with E-state index in [4.69, 9.17) is 11.5 Å². The first-order chi connectivity index (χ1) is 8.57. The van der Waals surface area contributed by atoms with Gasteiger partial charge < -0.3 is 16.8 Å². The maximum atomic E-state index is 12.0. The van der Waals surface area contributed by atoms with E-state index in [1.54, 1.807) is 0 Å². The van der Waals surface area contributed by atoms with Crippen molar-refractivity contribution in [2.45, 2.75) is 81.8 Å². The van der Waals surface area contributed by atoms with E-state index in [2.05, 4.69) is 5.32 Å². The highest BCUT2D eigenvalue weighted by molar-refractivity contribution is 5.77. The van der Waals surface area contributed by atoms with Gasteiger partial charge in [-0.3, -0.25) is 4.79 Å². The molecule has 0 aromatic carbocycles.